The van der Waals surface area contributed by atoms with Gasteiger partial charge in [0.05, 0.1) is 40.4 Å². The van der Waals surface area contributed by atoms with E-state index >= 15 is 0 Å². The van der Waals surface area contributed by atoms with Crippen LogP contribution >= 0.6 is 15.6 Å². The molecule has 6 nitrogen and oxygen atoms in total. The molecule has 0 N–H and O–H groups in total. The number of nitrogens with zero attached hydrogens (tertiary/aromatic N) is 4. The van der Waals surface area contributed by atoms with Crippen LogP contribution in [0.25, 0.3) is 43.8 Å². The van der Waals surface area contributed by atoms with Crippen LogP contribution in [0.4, 0.5) is 50.4 Å². The van der Waals surface area contributed by atoms with Crippen LogP contribution in [0, 0.1) is 0 Å². The quantitative estimate of drug-likeness (QED) is 0.0403. The summed E-state index contributed by atoms with van der Waals surface area (Å²) in [6, 6.07) is 34.7. The first-order valence-corrected chi connectivity index (χ1v) is 22.1. The molecule has 2 aromatic heterocycles. The van der Waals surface area contributed by atoms with Gasteiger partial charge < -0.3 is 9.47 Å². The Kier molecular flexibility index (Phi) is 12.1. The van der Waals surface area contributed by atoms with Gasteiger partial charge in [0.25, 0.3) is 0 Å². The monoisotopic (exact) mass is 898 g/mol. The number of benzene rings is 5. The van der Waals surface area contributed by atoms with Crippen molar-refractivity contribution in [1.29, 1.82) is 0 Å². The van der Waals surface area contributed by atoms with E-state index in [-0.39, 0.29) is 0 Å². The molecule has 0 amide bonds. The fraction of sp³-hybridized carbons (Fsp3) is 0.200. The molecule has 2 heterocycles. The third-order valence-electron chi connectivity index (χ3n) is 8.52. The first kappa shape index (κ1) is 45.7. The van der Waals surface area contributed by atoms with Gasteiger partial charge >= 0.3 is 66.0 Å². The SMILES string of the molecule is C[n+]1ccn(CCCOc2ccc(-c3c4ccccc4c(-c4ccc(OCCCn5cc[n+](C)c5)cc4)c4ccccc34)cc2)c1.F[P-](F)(F)(F)(F)F.F[P-](F)(F)(F)(F)F. The van der Waals surface area contributed by atoms with Gasteiger partial charge in [-0.3, -0.25) is 0 Å². The second kappa shape index (κ2) is 15.9. The van der Waals surface area contributed by atoms with Gasteiger partial charge in [-0.1, -0.05) is 72.8 Å². The summed E-state index contributed by atoms with van der Waals surface area (Å²) in [4.78, 5) is 0. The number of ether oxygens (including phenoxy) is 2. The van der Waals surface area contributed by atoms with E-state index in [1.165, 1.54) is 43.8 Å². The molecule has 20 heteroatoms. The first-order valence-electron chi connectivity index (χ1n) is 18.1. The van der Waals surface area contributed by atoms with Crippen molar-refractivity contribution in [3.63, 3.8) is 0 Å². The molecular formula is C40H40F12N4O2P2. The van der Waals surface area contributed by atoms with Gasteiger partial charge in [-0.05, 0) is 68.1 Å². The Bertz CT molecular complexity index is 2300. The number of imidazole rings is 2. The van der Waals surface area contributed by atoms with Crippen molar-refractivity contribution in [2.75, 3.05) is 13.2 Å². The van der Waals surface area contributed by atoms with E-state index in [9.17, 15) is 50.4 Å². The number of hydrogen-bond acceptors (Lipinski definition) is 2. The van der Waals surface area contributed by atoms with E-state index in [1.807, 2.05) is 14.1 Å². The maximum atomic E-state index is 9.87. The van der Waals surface area contributed by atoms with Crippen LogP contribution in [-0.2, 0) is 27.2 Å². The summed E-state index contributed by atoms with van der Waals surface area (Å²) >= 11 is 0. The Morgan fingerprint density at radius 2 is 0.733 bits per heavy atom. The molecule has 0 saturated heterocycles. The summed E-state index contributed by atoms with van der Waals surface area (Å²) in [6.45, 7) is 3.23. The van der Waals surface area contributed by atoms with Crippen molar-refractivity contribution in [1.82, 2.24) is 9.13 Å². The van der Waals surface area contributed by atoms with Crippen LogP contribution in [0.1, 0.15) is 12.8 Å². The van der Waals surface area contributed by atoms with Crippen LogP contribution in [0.15, 0.2) is 135 Å². The Balaban J connectivity index is 0.000000420. The van der Waals surface area contributed by atoms with Gasteiger partial charge in [0.2, 0.25) is 12.7 Å². The van der Waals surface area contributed by atoms with Gasteiger partial charge in [-0.25, -0.2) is 18.3 Å². The Morgan fingerprint density at radius 1 is 0.450 bits per heavy atom. The van der Waals surface area contributed by atoms with E-state index in [0.717, 1.165) is 37.4 Å². The number of aromatic nitrogens is 4. The van der Waals surface area contributed by atoms with Crippen molar-refractivity contribution in [2.24, 2.45) is 14.1 Å². The zero-order valence-corrected chi connectivity index (χ0v) is 33.8. The predicted molar refractivity (Wildman–Crippen MR) is 211 cm³/mol. The van der Waals surface area contributed by atoms with Crippen molar-refractivity contribution < 1.29 is 69.0 Å². The van der Waals surface area contributed by atoms with Crippen molar-refractivity contribution in [3.8, 4) is 33.8 Å². The molecule has 0 aliphatic heterocycles. The number of fused-ring (bicyclic) bond motifs is 2. The molecule has 0 bridgehead atoms. The molecule has 0 atom stereocenters. The van der Waals surface area contributed by atoms with Crippen LogP contribution in [0.2, 0.25) is 0 Å². The van der Waals surface area contributed by atoms with Crippen molar-refractivity contribution in [2.45, 2.75) is 25.9 Å². The zero-order chi connectivity index (χ0) is 44.1. The van der Waals surface area contributed by atoms with Crippen LogP contribution in [-0.4, -0.2) is 22.3 Å². The van der Waals surface area contributed by atoms with E-state index in [0.29, 0.717) is 13.2 Å². The van der Waals surface area contributed by atoms with Crippen molar-refractivity contribution in [3.05, 3.63) is 135 Å². The third-order valence-corrected chi connectivity index (χ3v) is 8.52. The molecular weight excluding hydrogens is 858 g/mol. The fourth-order valence-corrected chi connectivity index (χ4v) is 6.33. The summed E-state index contributed by atoms with van der Waals surface area (Å²) in [5.41, 5.74) is 4.86. The summed E-state index contributed by atoms with van der Waals surface area (Å²) < 4.78 is 139. The average molecular weight is 899 g/mol. The third kappa shape index (κ3) is 16.4. The first-order chi connectivity index (χ1) is 27.5. The second-order valence-electron chi connectivity index (χ2n) is 13.8. The number of hydrogen-bond donors (Lipinski definition) is 0. The van der Waals surface area contributed by atoms with E-state index < -0.39 is 15.6 Å². The van der Waals surface area contributed by atoms with Gasteiger partial charge in [-0.2, -0.15) is 0 Å². The average Bonchev–Trinajstić information content (AvgIpc) is 3.75. The molecule has 0 aliphatic carbocycles. The molecule has 0 saturated carbocycles. The standard InChI is InChI=1S/C40H40N4O2.2F6P/c1-41-23-25-43(29-41)21-7-27-45-33-17-13-31(14-18-33)39-35-9-3-5-11-37(35)40(38-12-6-4-10-36(38)39)32-15-19-34(20-16-32)46-28-8-22-44-26-24-42(2)30-44;2*1-7(2,3,4,5)6/h3-6,9-20,23-26,29-30H,7-8,21-22,27-28H2,1-2H3;;/q+2;2*-1. The summed E-state index contributed by atoms with van der Waals surface area (Å²) in [5, 5.41) is 4.96. The fourth-order valence-electron chi connectivity index (χ4n) is 6.33. The van der Waals surface area contributed by atoms with E-state index in [4.69, 9.17) is 9.47 Å². The molecule has 326 valence electrons. The number of aryl methyl sites for hydroxylation is 4. The summed E-state index contributed by atoms with van der Waals surface area (Å²) in [7, 11) is -17.2. The molecule has 5 aromatic carbocycles. The number of halogens is 12. The zero-order valence-electron chi connectivity index (χ0n) is 32.0. The van der Waals surface area contributed by atoms with Crippen LogP contribution < -0.4 is 18.6 Å². The molecule has 7 aromatic rings. The summed E-state index contributed by atoms with van der Waals surface area (Å²) in [5.74, 6) is 1.79. The maximum absolute atomic E-state index is 10.7. The van der Waals surface area contributed by atoms with E-state index in [2.05, 4.69) is 153 Å². The van der Waals surface area contributed by atoms with E-state index in [1.54, 1.807) is 0 Å². The Hall–Kier alpha value is -5.34. The van der Waals surface area contributed by atoms with Gasteiger partial charge in [0.1, 0.15) is 36.3 Å². The summed E-state index contributed by atoms with van der Waals surface area (Å²) in [6.07, 6.45) is 14.4. The Labute approximate surface area is 336 Å². The molecule has 0 fully saturated rings. The molecule has 0 unspecified atom stereocenters. The molecule has 0 radical (unpaired) electrons. The number of rotatable bonds is 12. The van der Waals surface area contributed by atoms with Gasteiger partial charge in [-0.15, -0.1) is 0 Å². The predicted octanol–water partition coefficient (Wildman–Crippen LogP) is 14.3. The Morgan fingerprint density at radius 3 is 0.983 bits per heavy atom. The molecule has 0 spiro atoms. The second-order valence-corrected chi connectivity index (χ2v) is 17.7. The molecule has 7 rings (SSSR count). The van der Waals surface area contributed by atoms with Gasteiger partial charge in [0.15, 0.2) is 0 Å². The van der Waals surface area contributed by atoms with Crippen LogP contribution in [0.3, 0.4) is 0 Å². The topological polar surface area (TPSA) is 36.1 Å². The molecule has 0 aliphatic rings. The van der Waals surface area contributed by atoms with Gasteiger partial charge in [0, 0.05) is 12.8 Å². The normalized spacial score (nSPS) is 14.1. The minimum atomic E-state index is -10.7. The minimum absolute atomic E-state index is 0.679. The van der Waals surface area contributed by atoms with Crippen LogP contribution in [0.5, 0.6) is 11.5 Å². The van der Waals surface area contributed by atoms with Crippen molar-refractivity contribution >= 4 is 37.2 Å². The molecule has 60 heavy (non-hydrogen) atoms.